The Morgan fingerprint density at radius 2 is 2.00 bits per heavy atom. The zero-order valence-corrected chi connectivity index (χ0v) is 9.68. The molecule has 0 aliphatic carbocycles. The number of likely N-dealkylation sites (tertiary alicyclic amines) is 1. The summed E-state index contributed by atoms with van der Waals surface area (Å²) in [6.07, 6.45) is -4.94. The van der Waals surface area contributed by atoms with Crippen molar-refractivity contribution in [2.24, 2.45) is 5.92 Å². The average Bonchev–Trinajstić information content (AvgIpc) is 2.40. The minimum atomic E-state index is -4.78. The molecule has 1 rings (SSSR count). The summed E-state index contributed by atoms with van der Waals surface area (Å²) >= 11 is 0. The summed E-state index contributed by atoms with van der Waals surface area (Å²) in [7, 11) is -4.78. The van der Waals surface area contributed by atoms with Crippen LogP contribution in [0.15, 0.2) is 0 Å². The van der Waals surface area contributed by atoms with Crippen molar-refractivity contribution in [2.45, 2.75) is 25.6 Å². The monoisotopic (exact) mass is 277 g/mol. The summed E-state index contributed by atoms with van der Waals surface area (Å²) in [5.74, 6) is -2.63. The number of carbonyl (C=O) groups excluding carboxylic acids is 1. The molecule has 0 radical (unpaired) electrons. The fraction of sp³-hybridized carbons (Fsp3) is 0.875. The van der Waals surface area contributed by atoms with E-state index in [-0.39, 0.29) is 13.0 Å². The van der Waals surface area contributed by atoms with E-state index in [4.69, 9.17) is 0 Å². The maximum atomic E-state index is 12.4. The number of alkyl halides is 3. The second-order valence-electron chi connectivity index (χ2n) is 4.04. The van der Waals surface area contributed by atoms with Crippen LogP contribution in [0.5, 0.6) is 0 Å². The maximum absolute atomic E-state index is 12.4. The van der Waals surface area contributed by atoms with Crippen molar-refractivity contribution in [3.8, 4) is 0 Å². The lowest BCUT2D eigenvalue weighted by Crippen LogP contribution is -2.44. The first-order chi connectivity index (χ1) is 7.50. The van der Waals surface area contributed by atoms with Gasteiger partial charge in [-0.2, -0.15) is 21.6 Å². The number of nitrogens with zero attached hydrogens (tertiary/aromatic N) is 1. The molecule has 0 aromatic rings. The Morgan fingerprint density at radius 3 is 2.41 bits per heavy atom. The van der Waals surface area contributed by atoms with E-state index in [9.17, 15) is 30.3 Å². The SMILES string of the molecule is CC(N1CC(CS(=O)(=O)F)CC1=O)C(F)(F)F. The Balaban J connectivity index is 2.71. The van der Waals surface area contributed by atoms with Crippen molar-refractivity contribution in [3.05, 3.63) is 0 Å². The molecule has 0 saturated carbocycles. The van der Waals surface area contributed by atoms with Crippen LogP contribution in [0.1, 0.15) is 13.3 Å². The number of halogens is 4. The Kier molecular flexibility index (Phi) is 3.70. The third kappa shape index (κ3) is 3.83. The van der Waals surface area contributed by atoms with Crippen molar-refractivity contribution >= 4 is 16.1 Å². The topological polar surface area (TPSA) is 54.5 Å². The van der Waals surface area contributed by atoms with E-state index in [1.54, 1.807) is 0 Å². The predicted molar refractivity (Wildman–Crippen MR) is 50.2 cm³/mol. The van der Waals surface area contributed by atoms with Crippen LogP contribution in [0, 0.1) is 5.92 Å². The van der Waals surface area contributed by atoms with Crippen LogP contribution in [0.25, 0.3) is 0 Å². The summed E-state index contributed by atoms with van der Waals surface area (Å²) in [5.41, 5.74) is 0. The molecule has 0 aromatic carbocycles. The molecule has 0 bridgehead atoms. The third-order valence-electron chi connectivity index (χ3n) is 2.61. The van der Waals surface area contributed by atoms with Gasteiger partial charge in [0.1, 0.15) is 6.04 Å². The molecule has 2 atom stereocenters. The second kappa shape index (κ2) is 4.43. The minimum Gasteiger partial charge on any atom is -0.331 e. The molecule has 1 fully saturated rings. The third-order valence-corrected chi connectivity index (χ3v) is 3.48. The minimum absolute atomic E-state index is 0.371. The molecule has 9 heteroatoms. The van der Waals surface area contributed by atoms with Crippen molar-refractivity contribution in [1.29, 1.82) is 0 Å². The molecule has 4 nitrogen and oxygen atoms in total. The van der Waals surface area contributed by atoms with E-state index in [0.717, 1.165) is 6.92 Å². The summed E-state index contributed by atoms with van der Waals surface area (Å²) in [5, 5.41) is 0. The quantitative estimate of drug-likeness (QED) is 0.573. The van der Waals surface area contributed by atoms with Gasteiger partial charge < -0.3 is 4.90 Å². The fourth-order valence-electron chi connectivity index (χ4n) is 1.75. The Bertz CT molecular complexity index is 405. The van der Waals surface area contributed by atoms with Gasteiger partial charge >= 0.3 is 16.4 Å². The zero-order chi connectivity index (χ0) is 13.4. The molecule has 1 aliphatic rings. The van der Waals surface area contributed by atoms with E-state index in [0.29, 0.717) is 4.90 Å². The summed E-state index contributed by atoms with van der Waals surface area (Å²) in [4.78, 5) is 11.8. The van der Waals surface area contributed by atoms with Gasteiger partial charge in [0.25, 0.3) is 0 Å². The highest BCUT2D eigenvalue weighted by molar-refractivity contribution is 7.86. The number of carbonyl (C=O) groups is 1. The maximum Gasteiger partial charge on any atom is 0.408 e. The predicted octanol–water partition coefficient (Wildman–Crippen LogP) is 1.09. The summed E-state index contributed by atoms with van der Waals surface area (Å²) < 4.78 is 70.1. The van der Waals surface area contributed by atoms with Gasteiger partial charge in [0.05, 0.1) is 5.75 Å². The highest BCUT2D eigenvalue weighted by Crippen LogP contribution is 2.30. The summed E-state index contributed by atoms with van der Waals surface area (Å²) in [6.45, 7) is 0.423. The lowest BCUT2D eigenvalue weighted by molar-refractivity contribution is -0.182. The molecule has 0 N–H and O–H groups in total. The molecule has 1 amide bonds. The molecule has 17 heavy (non-hydrogen) atoms. The van der Waals surface area contributed by atoms with E-state index < -0.39 is 40.0 Å². The standard InChI is InChI=1S/C8H11F4NO3S/c1-5(8(9,10)11)13-3-6(2-7(13)14)4-17(12,15)16/h5-6H,2-4H2,1H3. The van der Waals surface area contributed by atoms with Gasteiger partial charge in [0, 0.05) is 18.9 Å². The number of hydrogen-bond acceptors (Lipinski definition) is 3. The van der Waals surface area contributed by atoms with E-state index >= 15 is 0 Å². The normalized spacial score (nSPS) is 24.2. The molecule has 1 heterocycles. The molecule has 1 aliphatic heterocycles. The van der Waals surface area contributed by atoms with Crippen molar-refractivity contribution in [2.75, 3.05) is 12.3 Å². The fourth-order valence-corrected chi connectivity index (χ4v) is 2.54. The molecule has 0 aromatic heterocycles. The van der Waals surface area contributed by atoms with Crippen molar-refractivity contribution in [1.82, 2.24) is 4.90 Å². The van der Waals surface area contributed by atoms with Gasteiger partial charge in [-0.1, -0.05) is 0 Å². The van der Waals surface area contributed by atoms with Crippen LogP contribution >= 0.6 is 0 Å². The Hall–Kier alpha value is -0.860. The Morgan fingerprint density at radius 1 is 1.47 bits per heavy atom. The van der Waals surface area contributed by atoms with Crippen LogP contribution in [0.4, 0.5) is 17.1 Å². The van der Waals surface area contributed by atoms with Crippen LogP contribution in [-0.4, -0.2) is 43.7 Å². The largest absolute Gasteiger partial charge is 0.408 e. The molecule has 100 valence electrons. The second-order valence-corrected chi connectivity index (χ2v) is 5.45. The first-order valence-corrected chi connectivity index (χ1v) is 6.34. The molecular formula is C8H11F4NO3S. The van der Waals surface area contributed by atoms with Gasteiger partial charge in [-0.15, -0.1) is 3.89 Å². The van der Waals surface area contributed by atoms with Crippen molar-refractivity contribution in [3.63, 3.8) is 0 Å². The Labute approximate surface area is 95.8 Å². The number of amides is 1. The smallest absolute Gasteiger partial charge is 0.331 e. The van der Waals surface area contributed by atoms with Crippen LogP contribution < -0.4 is 0 Å². The van der Waals surface area contributed by atoms with Gasteiger partial charge in [-0.25, -0.2) is 0 Å². The van der Waals surface area contributed by atoms with E-state index in [1.807, 2.05) is 0 Å². The highest BCUT2D eigenvalue weighted by atomic mass is 32.3. The van der Waals surface area contributed by atoms with Crippen molar-refractivity contribution < 1.29 is 30.3 Å². The lowest BCUT2D eigenvalue weighted by atomic mass is 10.1. The molecular weight excluding hydrogens is 266 g/mol. The zero-order valence-electron chi connectivity index (χ0n) is 8.87. The average molecular weight is 277 g/mol. The van der Waals surface area contributed by atoms with Gasteiger partial charge in [0.2, 0.25) is 5.91 Å². The lowest BCUT2D eigenvalue weighted by Gasteiger charge is -2.26. The molecule has 0 spiro atoms. The molecule has 2 unspecified atom stereocenters. The number of hydrogen-bond donors (Lipinski definition) is 0. The van der Waals surface area contributed by atoms with E-state index in [2.05, 4.69) is 0 Å². The van der Waals surface area contributed by atoms with Crippen LogP contribution in [0.3, 0.4) is 0 Å². The highest BCUT2D eigenvalue weighted by Gasteiger charge is 2.46. The first-order valence-electron chi connectivity index (χ1n) is 4.79. The summed E-state index contributed by atoms with van der Waals surface area (Å²) in [6, 6.07) is -1.98. The van der Waals surface area contributed by atoms with Gasteiger partial charge in [-0.3, -0.25) is 4.79 Å². The van der Waals surface area contributed by atoms with Gasteiger partial charge in [-0.05, 0) is 6.92 Å². The molecule has 1 saturated heterocycles. The van der Waals surface area contributed by atoms with Crippen LogP contribution in [-0.2, 0) is 15.0 Å². The first kappa shape index (κ1) is 14.2. The van der Waals surface area contributed by atoms with Crippen LogP contribution in [0.2, 0.25) is 0 Å². The van der Waals surface area contributed by atoms with Gasteiger partial charge in [0.15, 0.2) is 0 Å². The number of rotatable bonds is 3. The van der Waals surface area contributed by atoms with E-state index in [1.165, 1.54) is 0 Å².